The molecule has 1 aliphatic rings. The maximum atomic E-state index is 11.9. The first kappa shape index (κ1) is 17.4. The van der Waals surface area contributed by atoms with E-state index in [4.69, 9.17) is 39.5 Å². The van der Waals surface area contributed by atoms with E-state index in [1.54, 1.807) is 13.0 Å². The summed E-state index contributed by atoms with van der Waals surface area (Å²) in [5.74, 6) is -1.06. The molecule has 1 N–H and O–H groups in total. The van der Waals surface area contributed by atoms with Crippen molar-refractivity contribution in [2.24, 2.45) is 5.41 Å². The van der Waals surface area contributed by atoms with Crippen LogP contribution >= 0.6 is 34.8 Å². The topological polar surface area (TPSA) is 55.4 Å². The van der Waals surface area contributed by atoms with Crippen molar-refractivity contribution in [3.8, 4) is 0 Å². The van der Waals surface area contributed by atoms with Gasteiger partial charge >= 0.3 is 5.97 Å². The number of benzene rings is 1. The Balaban J connectivity index is 1.94. The molecule has 1 aromatic carbocycles. The van der Waals surface area contributed by atoms with Crippen LogP contribution in [0.25, 0.3) is 0 Å². The first-order valence-electron chi connectivity index (χ1n) is 6.68. The monoisotopic (exact) mass is 363 g/mol. The third kappa shape index (κ3) is 3.34. The van der Waals surface area contributed by atoms with Gasteiger partial charge in [0.25, 0.3) is 5.91 Å². The average molecular weight is 365 g/mol. The highest BCUT2D eigenvalue weighted by atomic mass is 35.5. The van der Waals surface area contributed by atoms with Gasteiger partial charge in [0.05, 0.1) is 10.7 Å². The second kappa shape index (κ2) is 5.91. The van der Waals surface area contributed by atoms with E-state index in [1.807, 2.05) is 19.9 Å². The molecule has 0 spiro atoms. The van der Waals surface area contributed by atoms with Crippen molar-refractivity contribution >= 4 is 52.4 Å². The van der Waals surface area contributed by atoms with Crippen molar-refractivity contribution in [3.05, 3.63) is 28.3 Å². The maximum Gasteiger partial charge on any atom is 0.315 e. The van der Waals surface area contributed by atoms with E-state index >= 15 is 0 Å². The van der Waals surface area contributed by atoms with Crippen molar-refractivity contribution in [1.29, 1.82) is 0 Å². The molecule has 4 nitrogen and oxygen atoms in total. The smallest absolute Gasteiger partial charge is 0.315 e. The van der Waals surface area contributed by atoms with Crippen LogP contribution in [0, 0.1) is 19.3 Å². The van der Waals surface area contributed by atoms with E-state index < -0.39 is 28.2 Å². The van der Waals surface area contributed by atoms with E-state index in [-0.39, 0.29) is 0 Å². The van der Waals surface area contributed by atoms with E-state index in [0.29, 0.717) is 17.1 Å². The van der Waals surface area contributed by atoms with E-state index in [9.17, 15) is 9.59 Å². The minimum atomic E-state index is -1.11. The van der Waals surface area contributed by atoms with Gasteiger partial charge in [-0.05, 0) is 38.0 Å². The van der Waals surface area contributed by atoms with Crippen LogP contribution in [0.4, 0.5) is 5.69 Å². The number of halogens is 3. The second-order valence-electron chi connectivity index (χ2n) is 5.78. The zero-order chi connectivity index (χ0) is 16.7. The van der Waals surface area contributed by atoms with Crippen LogP contribution in [-0.2, 0) is 14.3 Å². The van der Waals surface area contributed by atoms with Gasteiger partial charge in [-0.1, -0.05) is 17.7 Å². The van der Waals surface area contributed by atoms with E-state index in [1.165, 1.54) is 0 Å². The van der Waals surface area contributed by atoms with Crippen molar-refractivity contribution in [2.45, 2.75) is 31.5 Å². The Hall–Kier alpha value is -0.970. The summed E-state index contributed by atoms with van der Waals surface area (Å²) in [5, 5.41) is 3.08. The van der Waals surface area contributed by atoms with Gasteiger partial charge in [0.1, 0.15) is 9.75 Å². The molecule has 1 fully saturated rings. The number of alkyl halides is 2. The molecule has 0 aliphatic heterocycles. The lowest BCUT2D eigenvalue weighted by Gasteiger charge is -2.14. The van der Waals surface area contributed by atoms with Gasteiger partial charge in [-0.25, -0.2) is 0 Å². The predicted octanol–water partition coefficient (Wildman–Crippen LogP) is 4.02. The van der Waals surface area contributed by atoms with Crippen molar-refractivity contribution < 1.29 is 14.3 Å². The van der Waals surface area contributed by atoms with Gasteiger partial charge in [0, 0.05) is 6.42 Å². The summed E-state index contributed by atoms with van der Waals surface area (Å²) in [6, 6.07) is 3.64. The fourth-order valence-electron chi connectivity index (χ4n) is 2.16. The number of nitrogens with one attached hydrogen (secondary N) is 1. The summed E-state index contributed by atoms with van der Waals surface area (Å²) in [4.78, 5) is 23.8. The molecule has 1 atom stereocenters. The largest absolute Gasteiger partial charge is 0.455 e. The first-order chi connectivity index (χ1) is 10.1. The van der Waals surface area contributed by atoms with Gasteiger partial charge in [-0.15, -0.1) is 23.2 Å². The molecule has 0 bridgehead atoms. The quantitative estimate of drug-likeness (QED) is 0.648. The fourth-order valence-corrected chi connectivity index (χ4v) is 3.22. The van der Waals surface area contributed by atoms with E-state index in [0.717, 1.165) is 11.1 Å². The Kier molecular flexibility index (Phi) is 4.67. The van der Waals surface area contributed by atoms with Crippen molar-refractivity contribution in [3.63, 3.8) is 0 Å². The number of hydrogen-bond donors (Lipinski definition) is 1. The third-order valence-corrected chi connectivity index (χ3v) is 5.14. The summed E-state index contributed by atoms with van der Waals surface area (Å²) >= 11 is 17.9. The fraction of sp³-hybridized carbons (Fsp3) is 0.467. The number of amides is 1. The van der Waals surface area contributed by atoms with Crippen LogP contribution in [0.2, 0.25) is 5.02 Å². The third-order valence-electron chi connectivity index (χ3n) is 3.74. The molecule has 1 aliphatic carbocycles. The van der Waals surface area contributed by atoms with Gasteiger partial charge in [-0.3, -0.25) is 9.59 Å². The highest BCUT2D eigenvalue weighted by molar-refractivity contribution is 6.53. The minimum absolute atomic E-state index is 0.312. The Bertz CT molecular complexity index is 622. The molecule has 0 heterocycles. The maximum absolute atomic E-state index is 11.9. The molecule has 1 aromatic rings. The van der Waals surface area contributed by atoms with Gasteiger partial charge in [-0.2, -0.15) is 0 Å². The van der Waals surface area contributed by atoms with Crippen LogP contribution in [0.15, 0.2) is 12.1 Å². The van der Waals surface area contributed by atoms with Crippen molar-refractivity contribution in [1.82, 2.24) is 0 Å². The summed E-state index contributed by atoms with van der Waals surface area (Å²) in [7, 11) is 0. The molecular weight excluding hydrogens is 349 g/mol. The summed E-state index contributed by atoms with van der Waals surface area (Å²) < 4.78 is 3.87. The zero-order valence-corrected chi connectivity index (χ0v) is 14.7. The molecule has 2 rings (SSSR count). The Morgan fingerprint density at radius 2 is 1.91 bits per heavy atom. The molecule has 7 heteroatoms. The number of hydrogen-bond acceptors (Lipinski definition) is 3. The molecule has 1 saturated carbocycles. The summed E-state index contributed by atoms with van der Waals surface area (Å²) in [6.07, 6.45) is 0.312. The van der Waals surface area contributed by atoms with Gasteiger partial charge in [0.2, 0.25) is 0 Å². The molecule has 22 heavy (non-hydrogen) atoms. The summed E-state index contributed by atoms with van der Waals surface area (Å²) in [5.41, 5.74) is 1.39. The molecule has 1 amide bonds. The zero-order valence-electron chi connectivity index (χ0n) is 12.4. The number of ether oxygens (including phenoxy) is 1. The van der Waals surface area contributed by atoms with Crippen LogP contribution in [0.1, 0.15) is 24.5 Å². The molecule has 0 aromatic heterocycles. The highest BCUT2D eigenvalue weighted by Gasteiger charge is 2.69. The van der Waals surface area contributed by atoms with Gasteiger partial charge in [0.15, 0.2) is 6.61 Å². The number of carbonyl (C=O) groups excluding carboxylic acids is 2. The van der Waals surface area contributed by atoms with Crippen molar-refractivity contribution in [2.75, 3.05) is 11.9 Å². The second-order valence-corrected chi connectivity index (χ2v) is 7.67. The number of rotatable bonds is 4. The number of carbonyl (C=O) groups is 2. The molecular formula is C15H16Cl3NO3. The van der Waals surface area contributed by atoms with Crippen LogP contribution < -0.4 is 5.32 Å². The van der Waals surface area contributed by atoms with Crippen LogP contribution in [0.3, 0.4) is 0 Å². The lowest BCUT2D eigenvalue weighted by atomic mass is 10.1. The minimum Gasteiger partial charge on any atom is -0.455 e. The van der Waals surface area contributed by atoms with E-state index in [2.05, 4.69) is 5.32 Å². The standard InChI is InChI=1S/C15H16Cl3NO3/c1-8-4-9(2)12(10(16)5-8)19-11(20)6-22-13(21)14(3)7-15(14,17)18/h4-5H,6-7H2,1-3H3,(H,19,20)/t14-/m1/s1. The van der Waals surface area contributed by atoms with Crippen LogP contribution in [0.5, 0.6) is 0 Å². The predicted molar refractivity (Wildman–Crippen MR) is 87.7 cm³/mol. The van der Waals surface area contributed by atoms with Crippen LogP contribution in [-0.4, -0.2) is 22.8 Å². The molecule has 0 radical (unpaired) electrons. The molecule has 0 unspecified atom stereocenters. The molecule has 120 valence electrons. The highest BCUT2D eigenvalue weighted by Crippen LogP contribution is 2.64. The average Bonchev–Trinajstić information content (AvgIpc) is 2.91. The summed E-state index contributed by atoms with van der Waals surface area (Å²) in [6.45, 7) is 4.93. The SMILES string of the molecule is Cc1cc(C)c(NC(=O)COC(=O)[C@@]2(C)CC2(Cl)Cl)c(Cl)c1. The molecule has 0 saturated heterocycles. The number of esters is 1. The lowest BCUT2D eigenvalue weighted by Crippen LogP contribution is -2.27. The Morgan fingerprint density at radius 1 is 1.32 bits per heavy atom. The Morgan fingerprint density at radius 3 is 2.41 bits per heavy atom. The Labute approximate surface area is 144 Å². The first-order valence-corrected chi connectivity index (χ1v) is 7.82. The number of anilines is 1. The normalized spacial score (nSPS) is 22.1. The van der Waals surface area contributed by atoms with Gasteiger partial charge < -0.3 is 10.1 Å². The number of aryl methyl sites for hydroxylation is 2. The lowest BCUT2D eigenvalue weighted by molar-refractivity contribution is -0.152.